The maximum Gasteiger partial charge on any atom is 0.326 e. The SMILES string of the molecule is CC(C)C[C@@H](NC(=O)C1Cc2ccccc2CN1C(=O)c1ccco1)C(=O)O. The van der Waals surface area contributed by atoms with Crippen LogP contribution < -0.4 is 5.32 Å². The second-order valence-corrected chi connectivity index (χ2v) is 7.43. The lowest BCUT2D eigenvalue weighted by Gasteiger charge is -2.36. The lowest BCUT2D eigenvalue weighted by atomic mass is 9.92. The molecule has 2 aromatic rings. The normalized spacial score (nSPS) is 17.1. The second-order valence-electron chi connectivity index (χ2n) is 7.43. The van der Waals surface area contributed by atoms with E-state index in [0.717, 1.165) is 11.1 Å². The highest BCUT2D eigenvalue weighted by atomic mass is 16.4. The molecule has 2 heterocycles. The van der Waals surface area contributed by atoms with Gasteiger partial charge in [0.2, 0.25) is 5.91 Å². The van der Waals surface area contributed by atoms with E-state index in [4.69, 9.17) is 4.42 Å². The molecule has 7 nitrogen and oxygen atoms in total. The smallest absolute Gasteiger partial charge is 0.326 e. The van der Waals surface area contributed by atoms with Gasteiger partial charge in [0.15, 0.2) is 5.76 Å². The van der Waals surface area contributed by atoms with Crippen LogP contribution in [0.5, 0.6) is 0 Å². The highest BCUT2D eigenvalue weighted by molar-refractivity contribution is 5.96. The van der Waals surface area contributed by atoms with Gasteiger partial charge < -0.3 is 19.7 Å². The first-order valence-corrected chi connectivity index (χ1v) is 9.31. The van der Waals surface area contributed by atoms with Crippen molar-refractivity contribution in [1.82, 2.24) is 10.2 Å². The summed E-state index contributed by atoms with van der Waals surface area (Å²) >= 11 is 0. The van der Waals surface area contributed by atoms with Crippen LogP contribution in [0, 0.1) is 5.92 Å². The van der Waals surface area contributed by atoms with E-state index in [0.29, 0.717) is 12.8 Å². The van der Waals surface area contributed by atoms with Crippen LogP contribution in [0.4, 0.5) is 0 Å². The fourth-order valence-electron chi connectivity index (χ4n) is 3.47. The molecule has 0 bridgehead atoms. The number of amides is 2. The summed E-state index contributed by atoms with van der Waals surface area (Å²) < 4.78 is 5.22. The second kappa shape index (κ2) is 8.29. The van der Waals surface area contributed by atoms with E-state index in [-0.39, 0.29) is 18.2 Å². The van der Waals surface area contributed by atoms with Crippen LogP contribution in [-0.4, -0.2) is 39.9 Å². The lowest BCUT2D eigenvalue weighted by molar-refractivity contribution is -0.143. The first-order valence-electron chi connectivity index (χ1n) is 9.31. The molecule has 0 aliphatic carbocycles. The standard InChI is InChI=1S/C21H24N2O5/c1-13(2)10-16(21(26)27)22-19(24)17-11-14-6-3-4-7-15(14)12-23(17)20(25)18-8-5-9-28-18/h3-9,13,16-17H,10-12H2,1-2H3,(H,22,24)(H,26,27)/t16-,17?/m1/s1. The molecule has 148 valence electrons. The molecule has 1 aliphatic heterocycles. The van der Waals surface area contributed by atoms with Gasteiger partial charge in [-0.25, -0.2) is 4.79 Å². The van der Waals surface area contributed by atoms with Crippen molar-refractivity contribution >= 4 is 17.8 Å². The molecule has 2 atom stereocenters. The van der Waals surface area contributed by atoms with Gasteiger partial charge in [0, 0.05) is 13.0 Å². The van der Waals surface area contributed by atoms with Gasteiger partial charge >= 0.3 is 5.97 Å². The van der Waals surface area contributed by atoms with Gasteiger partial charge in [-0.3, -0.25) is 9.59 Å². The summed E-state index contributed by atoms with van der Waals surface area (Å²) in [6.07, 6.45) is 2.04. The Bertz CT molecular complexity index is 859. The number of carbonyl (C=O) groups is 3. The number of carboxylic acids is 1. The molecule has 3 rings (SSSR count). The average Bonchev–Trinajstić information content (AvgIpc) is 3.20. The van der Waals surface area contributed by atoms with Gasteiger partial charge in [-0.2, -0.15) is 0 Å². The number of hydrogen-bond acceptors (Lipinski definition) is 4. The zero-order valence-electron chi connectivity index (χ0n) is 15.9. The highest BCUT2D eigenvalue weighted by Crippen LogP contribution is 2.25. The number of nitrogens with zero attached hydrogens (tertiary/aromatic N) is 1. The fourth-order valence-corrected chi connectivity index (χ4v) is 3.47. The quantitative estimate of drug-likeness (QED) is 0.797. The number of benzene rings is 1. The Morgan fingerprint density at radius 3 is 2.50 bits per heavy atom. The third-order valence-electron chi connectivity index (χ3n) is 4.87. The number of fused-ring (bicyclic) bond motifs is 1. The summed E-state index contributed by atoms with van der Waals surface area (Å²) in [5.41, 5.74) is 1.94. The summed E-state index contributed by atoms with van der Waals surface area (Å²) in [6, 6.07) is 8.98. The van der Waals surface area contributed by atoms with Crippen molar-refractivity contribution < 1.29 is 23.9 Å². The van der Waals surface area contributed by atoms with Crippen LogP contribution in [0.2, 0.25) is 0 Å². The van der Waals surface area contributed by atoms with Gasteiger partial charge in [-0.1, -0.05) is 38.1 Å². The molecule has 1 unspecified atom stereocenters. The van der Waals surface area contributed by atoms with Crippen LogP contribution in [-0.2, 0) is 22.6 Å². The minimum atomic E-state index is -1.08. The highest BCUT2D eigenvalue weighted by Gasteiger charge is 2.37. The molecule has 0 radical (unpaired) electrons. The molecule has 0 fully saturated rings. The van der Waals surface area contributed by atoms with E-state index >= 15 is 0 Å². The molecule has 1 aliphatic rings. The lowest BCUT2D eigenvalue weighted by Crippen LogP contribution is -2.55. The Balaban J connectivity index is 1.87. The van der Waals surface area contributed by atoms with Gasteiger partial charge in [0.05, 0.1) is 6.26 Å². The zero-order chi connectivity index (χ0) is 20.3. The minimum absolute atomic E-state index is 0.106. The van der Waals surface area contributed by atoms with Crippen LogP contribution in [0.1, 0.15) is 41.9 Å². The molecule has 0 saturated heterocycles. The van der Waals surface area contributed by atoms with Crippen LogP contribution in [0.25, 0.3) is 0 Å². The molecule has 28 heavy (non-hydrogen) atoms. The summed E-state index contributed by atoms with van der Waals surface area (Å²) in [4.78, 5) is 38.9. The van der Waals surface area contributed by atoms with Crippen LogP contribution in [0.3, 0.4) is 0 Å². The van der Waals surface area contributed by atoms with Crippen molar-refractivity contribution in [2.45, 2.75) is 45.3 Å². The van der Waals surface area contributed by atoms with Crippen molar-refractivity contribution in [3.63, 3.8) is 0 Å². The average molecular weight is 384 g/mol. The number of carbonyl (C=O) groups excluding carboxylic acids is 2. The maximum atomic E-state index is 13.0. The molecule has 7 heteroatoms. The number of aliphatic carboxylic acids is 1. The van der Waals surface area contributed by atoms with Crippen molar-refractivity contribution in [3.8, 4) is 0 Å². The van der Waals surface area contributed by atoms with E-state index in [2.05, 4.69) is 5.32 Å². The number of rotatable bonds is 6. The molecule has 0 saturated carbocycles. The predicted octanol–water partition coefficient (Wildman–Crippen LogP) is 2.46. The van der Waals surface area contributed by atoms with Gasteiger partial charge in [0.1, 0.15) is 12.1 Å². The monoisotopic (exact) mass is 384 g/mol. The van der Waals surface area contributed by atoms with Crippen LogP contribution >= 0.6 is 0 Å². The van der Waals surface area contributed by atoms with Crippen molar-refractivity contribution in [2.75, 3.05) is 0 Å². The molecule has 2 N–H and O–H groups in total. The number of carboxylic acid groups (broad SMARTS) is 1. The van der Waals surface area contributed by atoms with Crippen molar-refractivity contribution in [3.05, 3.63) is 59.5 Å². The number of furan rings is 1. The molecular formula is C21H24N2O5. The van der Waals surface area contributed by atoms with Crippen molar-refractivity contribution in [1.29, 1.82) is 0 Å². The third-order valence-corrected chi connectivity index (χ3v) is 4.87. The van der Waals surface area contributed by atoms with Crippen LogP contribution in [0.15, 0.2) is 47.1 Å². The maximum absolute atomic E-state index is 13.0. The van der Waals surface area contributed by atoms with Gasteiger partial charge in [0.25, 0.3) is 5.91 Å². The molecule has 2 amide bonds. The van der Waals surface area contributed by atoms with E-state index in [1.807, 2.05) is 38.1 Å². The van der Waals surface area contributed by atoms with E-state index in [9.17, 15) is 19.5 Å². The molecule has 0 spiro atoms. The topological polar surface area (TPSA) is 99.9 Å². The minimum Gasteiger partial charge on any atom is -0.480 e. The van der Waals surface area contributed by atoms with Crippen molar-refractivity contribution in [2.24, 2.45) is 5.92 Å². The third kappa shape index (κ3) is 4.24. The van der Waals surface area contributed by atoms with Gasteiger partial charge in [-0.05, 0) is 35.6 Å². The van der Waals surface area contributed by atoms with Gasteiger partial charge in [-0.15, -0.1) is 0 Å². The Morgan fingerprint density at radius 2 is 1.89 bits per heavy atom. The van der Waals surface area contributed by atoms with E-state index in [1.165, 1.54) is 11.2 Å². The molecule has 1 aromatic heterocycles. The Kier molecular flexibility index (Phi) is 5.82. The molecule has 1 aromatic carbocycles. The Hall–Kier alpha value is -3.09. The fraction of sp³-hybridized carbons (Fsp3) is 0.381. The zero-order valence-corrected chi connectivity index (χ0v) is 15.9. The molecular weight excluding hydrogens is 360 g/mol. The summed E-state index contributed by atoms with van der Waals surface area (Å²) in [5, 5.41) is 12.1. The summed E-state index contributed by atoms with van der Waals surface area (Å²) in [6.45, 7) is 4.05. The Labute approximate surface area is 163 Å². The predicted molar refractivity (Wildman–Crippen MR) is 102 cm³/mol. The van der Waals surface area contributed by atoms with E-state index < -0.39 is 29.9 Å². The summed E-state index contributed by atoms with van der Waals surface area (Å²) in [5.74, 6) is -1.69. The largest absolute Gasteiger partial charge is 0.480 e. The summed E-state index contributed by atoms with van der Waals surface area (Å²) in [7, 11) is 0. The first kappa shape index (κ1) is 19.7. The first-order chi connectivity index (χ1) is 13.4. The Morgan fingerprint density at radius 1 is 1.18 bits per heavy atom. The van der Waals surface area contributed by atoms with E-state index in [1.54, 1.807) is 12.1 Å². The number of nitrogens with one attached hydrogen (secondary N) is 1. The number of hydrogen-bond donors (Lipinski definition) is 2.